The summed E-state index contributed by atoms with van der Waals surface area (Å²) in [4.78, 5) is 16.6. The number of pyridine rings is 1. The third kappa shape index (κ3) is 4.03. The van der Waals surface area contributed by atoms with Crippen LogP contribution >= 0.6 is 0 Å². The van der Waals surface area contributed by atoms with E-state index >= 15 is 0 Å². The molecular weight excluding hydrogens is 262 g/mol. The van der Waals surface area contributed by atoms with E-state index in [1.54, 1.807) is 18.3 Å². The summed E-state index contributed by atoms with van der Waals surface area (Å²) >= 11 is 0. The van der Waals surface area contributed by atoms with Crippen molar-refractivity contribution in [3.8, 4) is 0 Å². The highest BCUT2D eigenvalue weighted by atomic mass is 16.1. The molecule has 116 valence electrons. The van der Waals surface area contributed by atoms with Gasteiger partial charge in [-0.2, -0.15) is 0 Å². The minimum atomic E-state index is -0.00292. The topological polar surface area (TPSA) is 68.0 Å². The molecule has 21 heavy (non-hydrogen) atoms. The molecule has 1 aliphatic carbocycles. The number of carbonyl (C=O) groups is 1. The number of nitrogens with one attached hydrogen (secondary N) is 1. The lowest BCUT2D eigenvalue weighted by atomic mass is 9.74. The van der Waals surface area contributed by atoms with Gasteiger partial charge in [-0.1, -0.05) is 27.2 Å². The summed E-state index contributed by atoms with van der Waals surface area (Å²) in [7, 11) is 0. The van der Waals surface area contributed by atoms with Crippen molar-refractivity contribution in [3.63, 3.8) is 0 Å². The van der Waals surface area contributed by atoms with E-state index in [1.807, 2.05) is 0 Å². The third-order valence-corrected chi connectivity index (χ3v) is 4.63. The monoisotopic (exact) mass is 289 g/mol. The predicted molar refractivity (Wildman–Crippen MR) is 84.7 cm³/mol. The second-order valence-electron chi connectivity index (χ2n) is 6.65. The minimum absolute atomic E-state index is 0.00292. The summed E-state index contributed by atoms with van der Waals surface area (Å²) in [6.07, 6.45) is 5.19. The molecule has 1 amide bonds. The summed E-state index contributed by atoms with van der Waals surface area (Å²) in [6, 6.07) is 3.81. The van der Waals surface area contributed by atoms with Crippen LogP contribution in [0.5, 0.6) is 0 Å². The normalized spacial score (nSPS) is 25.9. The Bertz CT molecular complexity index is 487. The lowest BCUT2D eigenvalue weighted by Crippen LogP contribution is -2.45. The number of aromatic nitrogens is 1. The van der Waals surface area contributed by atoms with E-state index in [-0.39, 0.29) is 11.9 Å². The molecule has 1 aliphatic rings. The number of hydrogen-bond donors (Lipinski definition) is 2. The molecule has 0 bridgehead atoms. The van der Waals surface area contributed by atoms with E-state index in [0.717, 1.165) is 12.1 Å². The van der Waals surface area contributed by atoms with E-state index < -0.39 is 0 Å². The van der Waals surface area contributed by atoms with Crippen LogP contribution in [0, 0.1) is 17.8 Å². The van der Waals surface area contributed by atoms with Gasteiger partial charge in [-0.3, -0.25) is 9.78 Å². The van der Waals surface area contributed by atoms with Crippen LogP contribution in [0.4, 0.5) is 0 Å². The Morgan fingerprint density at radius 2 is 2.24 bits per heavy atom. The molecule has 0 aliphatic heterocycles. The fourth-order valence-corrected chi connectivity index (χ4v) is 3.35. The smallest absolute Gasteiger partial charge is 0.251 e. The van der Waals surface area contributed by atoms with Crippen LogP contribution in [0.25, 0.3) is 0 Å². The average molecular weight is 289 g/mol. The molecular formula is C17H27N3O. The molecule has 0 aromatic carbocycles. The van der Waals surface area contributed by atoms with Crippen molar-refractivity contribution >= 4 is 5.91 Å². The maximum absolute atomic E-state index is 12.5. The highest BCUT2D eigenvalue weighted by Gasteiger charge is 2.31. The molecule has 1 aromatic rings. The van der Waals surface area contributed by atoms with Crippen LogP contribution in [0.2, 0.25) is 0 Å². The van der Waals surface area contributed by atoms with Gasteiger partial charge in [0, 0.05) is 24.3 Å². The van der Waals surface area contributed by atoms with Crippen molar-refractivity contribution in [2.75, 3.05) is 0 Å². The molecule has 1 saturated carbocycles. The number of hydrogen-bond acceptors (Lipinski definition) is 3. The van der Waals surface area contributed by atoms with E-state index in [9.17, 15) is 4.79 Å². The Kier molecular flexibility index (Phi) is 5.34. The first-order chi connectivity index (χ1) is 10.0. The quantitative estimate of drug-likeness (QED) is 0.895. The van der Waals surface area contributed by atoms with Crippen molar-refractivity contribution in [1.29, 1.82) is 0 Å². The highest BCUT2D eigenvalue weighted by molar-refractivity contribution is 5.94. The third-order valence-electron chi connectivity index (χ3n) is 4.63. The SMILES string of the molecule is CC1CCC(C(C)C)C(NC(=O)c2ccnc(CN)c2)C1. The van der Waals surface area contributed by atoms with Gasteiger partial charge in [-0.25, -0.2) is 0 Å². The predicted octanol–water partition coefficient (Wildman–Crippen LogP) is 2.73. The fourth-order valence-electron chi connectivity index (χ4n) is 3.35. The number of carbonyl (C=O) groups excluding carboxylic acids is 1. The van der Waals surface area contributed by atoms with Crippen molar-refractivity contribution in [3.05, 3.63) is 29.6 Å². The van der Waals surface area contributed by atoms with Crippen molar-refractivity contribution in [2.24, 2.45) is 23.5 Å². The van der Waals surface area contributed by atoms with Crippen molar-refractivity contribution in [2.45, 2.75) is 52.6 Å². The lowest BCUT2D eigenvalue weighted by molar-refractivity contribution is 0.0867. The van der Waals surface area contributed by atoms with Crippen molar-refractivity contribution in [1.82, 2.24) is 10.3 Å². The van der Waals surface area contributed by atoms with Gasteiger partial charge in [-0.05, 0) is 42.7 Å². The van der Waals surface area contributed by atoms with Crippen LogP contribution < -0.4 is 11.1 Å². The zero-order valence-electron chi connectivity index (χ0n) is 13.3. The van der Waals surface area contributed by atoms with Gasteiger partial charge in [-0.15, -0.1) is 0 Å². The van der Waals surface area contributed by atoms with Crippen molar-refractivity contribution < 1.29 is 4.79 Å². The van der Waals surface area contributed by atoms with Gasteiger partial charge in [0.1, 0.15) is 0 Å². The molecule has 0 radical (unpaired) electrons. The molecule has 1 aromatic heterocycles. The Labute approximate surface area is 127 Å². The molecule has 1 heterocycles. The molecule has 4 heteroatoms. The molecule has 3 N–H and O–H groups in total. The first kappa shape index (κ1) is 16.0. The zero-order valence-corrected chi connectivity index (χ0v) is 13.3. The van der Waals surface area contributed by atoms with Gasteiger partial charge in [0.25, 0.3) is 5.91 Å². The van der Waals surface area contributed by atoms with E-state index in [2.05, 4.69) is 31.1 Å². The van der Waals surface area contributed by atoms with Crippen LogP contribution in [-0.4, -0.2) is 16.9 Å². The fraction of sp³-hybridized carbons (Fsp3) is 0.647. The Morgan fingerprint density at radius 3 is 2.90 bits per heavy atom. The summed E-state index contributed by atoms with van der Waals surface area (Å²) in [5.74, 6) is 1.85. The standard InChI is InChI=1S/C17H27N3O/c1-11(2)15-5-4-12(3)8-16(15)20-17(21)13-6-7-19-14(9-13)10-18/h6-7,9,11-12,15-16H,4-5,8,10,18H2,1-3H3,(H,20,21). The number of rotatable bonds is 4. The van der Waals surface area contributed by atoms with E-state index in [1.165, 1.54) is 12.8 Å². The molecule has 2 rings (SSSR count). The summed E-state index contributed by atoms with van der Waals surface area (Å²) in [6.45, 7) is 7.13. The molecule has 3 atom stereocenters. The molecule has 3 unspecified atom stereocenters. The van der Waals surface area contributed by atoms with Gasteiger partial charge in [0.05, 0.1) is 5.69 Å². The van der Waals surface area contributed by atoms with Crippen LogP contribution in [-0.2, 0) is 6.54 Å². The molecule has 1 fully saturated rings. The van der Waals surface area contributed by atoms with Gasteiger partial charge < -0.3 is 11.1 Å². The summed E-state index contributed by atoms with van der Waals surface area (Å²) < 4.78 is 0. The maximum Gasteiger partial charge on any atom is 0.251 e. The minimum Gasteiger partial charge on any atom is -0.349 e. The largest absolute Gasteiger partial charge is 0.349 e. The first-order valence-corrected chi connectivity index (χ1v) is 7.97. The second kappa shape index (κ2) is 7.03. The Hall–Kier alpha value is -1.42. The van der Waals surface area contributed by atoms with Gasteiger partial charge >= 0.3 is 0 Å². The summed E-state index contributed by atoms with van der Waals surface area (Å²) in [5.41, 5.74) is 7.00. The number of amides is 1. The van der Waals surface area contributed by atoms with Crippen LogP contribution in [0.1, 0.15) is 56.1 Å². The molecule has 0 spiro atoms. The average Bonchev–Trinajstić information content (AvgIpc) is 2.47. The first-order valence-electron chi connectivity index (χ1n) is 7.97. The number of nitrogens with two attached hydrogens (primary N) is 1. The maximum atomic E-state index is 12.5. The molecule has 4 nitrogen and oxygen atoms in total. The summed E-state index contributed by atoms with van der Waals surface area (Å²) in [5, 5.41) is 3.24. The lowest BCUT2D eigenvalue weighted by Gasteiger charge is -2.37. The van der Waals surface area contributed by atoms with E-state index in [4.69, 9.17) is 5.73 Å². The zero-order chi connectivity index (χ0) is 15.4. The van der Waals surface area contributed by atoms with Crippen LogP contribution in [0.15, 0.2) is 18.3 Å². The second-order valence-corrected chi connectivity index (χ2v) is 6.65. The Balaban J connectivity index is 2.08. The van der Waals surface area contributed by atoms with Gasteiger partial charge in [0.2, 0.25) is 0 Å². The van der Waals surface area contributed by atoms with Crippen LogP contribution in [0.3, 0.4) is 0 Å². The van der Waals surface area contributed by atoms with Gasteiger partial charge in [0.15, 0.2) is 0 Å². The number of nitrogens with zero attached hydrogens (tertiary/aromatic N) is 1. The molecule has 0 saturated heterocycles. The van der Waals surface area contributed by atoms with E-state index in [0.29, 0.717) is 29.9 Å². The Morgan fingerprint density at radius 1 is 1.48 bits per heavy atom. The highest BCUT2D eigenvalue weighted by Crippen LogP contribution is 2.33.